The molecule has 0 spiro atoms. The van der Waals surface area contributed by atoms with Gasteiger partial charge in [0.2, 0.25) is 5.91 Å². The maximum atomic E-state index is 12.7. The van der Waals surface area contributed by atoms with Crippen molar-refractivity contribution < 1.29 is 9.59 Å². The molecule has 0 aromatic heterocycles. The van der Waals surface area contributed by atoms with E-state index in [0.717, 1.165) is 49.2 Å². The van der Waals surface area contributed by atoms with Crippen LogP contribution in [0.3, 0.4) is 0 Å². The molecule has 0 saturated carbocycles. The molecule has 32 heavy (non-hydrogen) atoms. The quantitative estimate of drug-likeness (QED) is 0.600. The van der Waals surface area contributed by atoms with E-state index in [1.54, 1.807) is 0 Å². The van der Waals surface area contributed by atoms with Gasteiger partial charge in [0.1, 0.15) is 0 Å². The first-order valence-corrected chi connectivity index (χ1v) is 11.8. The maximum absolute atomic E-state index is 12.7. The van der Waals surface area contributed by atoms with Crippen molar-refractivity contribution in [3.05, 3.63) is 65.2 Å². The van der Waals surface area contributed by atoms with E-state index >= 15 is 0 Å². The number of nitrogens with one attached hydrogen (secondary N) is 2. The van der Waals surface area contributed by atoms with E-state index in [-0.39, 0.29) is 18.5 Å². The molecule has 0 radical (unpaired) electrons. The minimum Gasteiger partial charge on any atom is -0.341 e. The first-order valence-electron chi connectivity index (χ1n) is 11.8. The van der Waals surface area contributed by atoms with Gasteiger partial charge in [0.15, 0.2) is 0 Å². The Morgan fingerprint density at radius 3 is 2.06 bits per heavy atom. The Morgan fingerprint density at radius 1 is 0.906 bits per heavy atom. The van der Waals surface area contributed by atoms with Gasteiger partial charge in [-0.2, -0.15) is 0 Å². The lowest BCUT2D eigenvalue weighted by Gasteiger charge is -2.32. The molecule has 1 aliphatic rings. The molecule has 2 N–H and O–H groups in total. The average Bonchev–Trinajstić information content (AvgIpc) is 2.78. The van der Waals surface area contributed by atoms with E-state index in [1.165, 1.54) is 5.56 Å². The lowest BCUT2D eigenvalue weighted by Crippen LogP contribution is -2.45. The van der Waals surface area contributed by atoms with Crippen LogP contribution in [-0.2, 0) is 11.2 Å². The Hall–Kier alpha value is -2.82. The monoisotopic (exact) mass is 435 g/mol. The number of likely N-dealkylation sites (tertiary alicyclic amines) is 1. The molecule has 1 fully saturated rings. The summed E-state index contributed by atoms with van der Waals surface area (Å²) in [5.41, 5.74) is 4.44. The highest BCUT2D eigenvalue weighted by Crippen LogP contribution is 2.32. The summed E-state index contributed by atoms with van der Waals surface area (Å²) in [6.45, 7) is 10.0. The Balaban J connectivity index is 1.49. The number of para-hydroxylation sites is 1. The highest BCUT2D eigenvalue weighted by molar-refractivity contribution is 5.93. The molecule has 0 unspecified atom stereocenters. The summed E-state index contributed by atoms with van der Waals surface area (Å²) in [5, 5.41) is 5.78. The number of carbonyl (C=O) groups is 2. The van der Waals surface area contributed by atoms with Gasteiger partial charge in [-0.15, -0.1) is 0 Å². The molecule has 3 rings (SSSR count). The number of amides is 3. The van der Waals surface area contributed by atoms with Crippen molar-refractivity contribution in [3.63, 3.8) is 0 Å². The maximum Gasteiger partial charge on any atom is 0.319 e. The normalized spacial score (nSPS) is 14.6. The second kappa shape index (κ2) is 11.2. The van der Waals surface area contributed by atoms with E-state index in [1.807, 2.05) is 17.0 Å². The molecular formula is C27H37N3O2. The zero-order valence-electron chi connectivity index (χ0n) is 19.9. The predicted molar refractivity (Wildman–Crippen MR) is 131 cm³/mol. The predicted octanol–water partition coefficient (Wildman–Crippen LogP) is 5.54. The zero-order valence-corrected chi connectivity index (χ0v) is 19.9. The van der Waals surface area contributed by atoms with Crippen LogP contribution in [0.2, 0.25) is 0 Å². The highest BCUT2D eigenvalue weighted by Gasteiger charge is 2.23. The molecule has 5 nitrogen and oxygen atoms in total. The number of nitrogens with zero attached hydrogens (tertiary/aromatic N) is 1. The van der Waals surface area contributed by atoms with Gasteiger partial charge in [-0.3, -0.25) is 4.79 Å². The summed E-state index contributed by atoms with van der Waals surface area (Å²) in [5.74, 6) is 1.19. The fourth-order valence-corrected chi connectivity index (χ4v) is 4.45. The zero-order chi connectivity index (χ0) is 23.1. The third kappa shape index (κ3) is 6.35. The SMILES string of the molecule is CC(C)c1cccc(C(C)C)c1NC(=O)NCC(=O)N1CCC(Cc2ccccc2)CC1. The third-order valence-electron chi connectivity index (χ3n) is 6.35. The smallest absolute Gasteiger partial charge is 0.319 e. The van der Waals surface area contributed by atoms with Crippen molar-refractivity contribution in [3.8, 4) is 0 Å². The molecule has 0 bridgehead atoms. The molecule has 1 aliphatic heterocycles. The summed E-state index contributed by atoms with van der Waals surface area (Å²) >= 11 is 0. The summed E-state index contributed by atoms with van der Waals surface area (Å²) in [4.78, 5) is 27.1. The van der Waals surface area contributed by atoms with Gasteiger partial charge in [0, 0.05) is 18.8 Å². The van der Waals surface area contributed by atoms with E-state index in [4.69, 9.17) is 0 Å². The van der Waals surface area contributed by atoms with Crippen LogP contribution >= 0.6 is 0 Å². The van der Waals surface area contributed by atoms with Crippen molar-refractivity contribution in [1.29, 1.82) is 0 Å². The third-order valence-corrected chi connectivity index (χ3v) is 6.35. The number of rotatable bonds is 7. The number of piperidine rings is 1. The molecule has 1 saturated heterocycles. The molecule has 0 atom stereocenters. The summed E-state index contributed by atoms with van der Waals surface area (Å²) < 4.78 is 0. The molecule has 2 aromatic carbocycles. The average molecular weight is 436 g/mol. The molecule has 172 valence electrons. The standard InChI is InChI=1S/C27H37N3O2/c1-19(2)23-11-8-12-24(20(3)4)26(23)29-27(32)28-18-25(31)30-15-13-22(14-16-30)17-21-9-6-5-7-10-21/h5-12,19-20,22H,13-18H2,1-4H3,(H2,28,29,32). The van der Waals surface area contributed by atoms with Crippen LogP contribution in [-0.4, -0.2) is 36.5 Å². The number of hydrogen-bond acceptors (Lipinski definition) is 2. The first-order chi connectivity index (χ1) is 15.3. The minimum atomic E-state index is -0.327. The molecule has 1 heterocycles. The van der Waals surface area contributed by atoms with Gasteiger partial charge in [0.25, 0.3) is 0 Å². The Labute approximate surface area is 192 Å². The van der Waals surface area contributed by atoms with Crippen LogP contribution in [0.5, 0.6) is 0 Å². The van der Waals surface area contributed by atoms with Crippen molar-refractivity contribution in [2.24, 2.45) is 5.92 Å². The van der Waals surface area contributed by atoms with E-state index in [0.29, 0.717) is 17.8 Å². The first kappa shape index (κ1) is 23.8. The van der Waals surface area contributed by atoms with Gasteiger partial charge < -0.3 is 15.5 Å². The summed E-state index contributed by atoms with van der Waals surface area (Å²) in [6, 6.07) is 16.4. The van der Waals surface area contributed by atoms with Crippen molar-refractivity contribution in [1.82, 2.24) is 10.2 Å². The van der Waals surface area contributed by atoms with Gasteiger partial charge in [-0.25, -0.2) is 4.79 Å². The Bertz CT molecular complexity index is 874. The second-order valence-electron chi connectivity index (χ2n) is 9.44. The molecule has 3 amide bonds. The van der Waals surface area contributed by atoms with Crippen LogP contribution in [0.25, 0.3) is 0 Å². The van der Waals surface area contributed by atoms with Gasteiger partial charge in [0.05, 0.1) is 6.54 Å². The van der Waals surface area contributed by atoms with E-state index in [2.05, 4.69) is 74.7 Å². The van der Waals surface area contributed by atoms with Gasteiger partial charge in [-0.1, -0.05) is 76.2 Å². The fraction of sp³-hybridized carbons (Fsp3) is 0.481. The van der Waals surface area contributed by atoms with Crippen LogP contribution in [0, 0.1) is 5.92 Å². The molecule has 0 aliphatic carbocycles. The van der Waals surface area contributed by atoms with E-state index < -0.39 is 0 Å². The summed E-state index contributed by atoms with van der Waals surface area (Å²) in [6.07, 6.45) is 3.08. The van der Waals surface area contributed by atoms with E-state index in [9.17, 15) is 9.59 Å². The number of urea groups is 1. The van der Waals surface area contributed by atoms with Crippen LogP contribution in [0.1, 0.15) is 69.1 Å². The lowest BCUT2D eigenvalue weighted by atomic mass is 9.90. The number of benzene rings is 2. The van der Waals surface area contributed by atoms with Crippen molar-refractivity contribution in [2.75, 3.05) is 25.0 Å². The Kier molecular flexibility index (Phi) is 8.32. The van der Waals surface area contributed by atoms with Gasteiger partial charge in [-0.05, 0) is 53.7 Å². The molecule has 5 heteroatoms. The minimum absolute atomic E-state index is 0.0143. The number of hydrogen-bond donors (Lipinski definition) is 2. The van der Waals surface area contributed by atoms with Crippen LogP contribution < -0.4 is 10.6 Å². The topological polar surface area (TPSA) is 61.4 Å². The fourth-order valence-electron chi connectivity index (χ4n) is 4.45. The highest BCUT2D eigenvalue weighted by atomic mass is 16.2. The van der Waals surface area contributed by atoms with Gasteiger partial charge >= 0.3 is 6.03 Å². The number of carbonyl (C=O) groups excluding carboxylic acids is 2. The summed E-state index contributed by atoms with van der Waals surface area (Å²) in [7, 11) is 0. The lowest BCUT2D eigenvalue weighted by molar-refractivity contribution is -0.131. The molecular weight excluding hydrogens is 398 g/mol. The van der Waals surface area contributed by atoms with Crippen molar-refractivity contribution in [2.45, 2.75) is 58.8 Å². The second-order valence-corrected chi connectivity index (χ2v) is 9.44. The number of anilines is 1. The molecule has 2 aromatic rings. The van der Waals surface area contributed by atoms with Crippen LogP contribution in [0.15, 0.2) is 48.5 Å². The van der Waals surface area contributed by atoms with Crippen LogP contribution in [0.4, 0.5) is 10.5 Å². The largest absolute Gasteiger partial charge is 0.341 e. The van der Waals surface area contributed by atoms with Crippen molar-refractivity contribution >= 4 is 17.6 Å². The Morgan fingerprint density at radius 2 is 1.50 bits per heavy atom.